The van der Waals surface area contributed by atoms with Crippen molar-refractivity contribution in [2.24, 2.45) is 0 Å². The first-order chi connectivity index (χ1) is 7.16. The average Bonchev–Trinajstić information content (AvgIpc) is 2.75. The van der Waals surface area contributed by atoms with Crippen LogP contribution in [0.5, 0.6) is 0 Å². The number of aromatic nitrogens is 5. The van der Waals surface area contributed by atoms with Gasteiger partial charge in [0.1, 0.15) is 22.4 Å². The minimum Gasteiger partial charge on any atom is -0.264 e. The van der Waals surface area contributed by atoms with Gasteiger partial charge >= 0.3 is 0 Å². The second-order valence-electron chi connectivity index (χ2n) is 3.55. The molecule has 80 valence electrons. The van der Waals surface area contributed by atoms with Gasteiger partial charge in [0.25, 0.3) is 0 Å². The standard InChI is InChI=1S/C9H12IN5/c1-7(2)15-9(11-6-12-15)5-14-4-3-8(10)13-14/h3-4,6-7H,5H2,1-2H3. The van der Waals surface area contributed by atoms with Crippen molar-refractivity contribution in [3.8, 4) is 0 Å². The van der Waals surface area contributed by atoms with Crippen LogP contribution < -0.4 is 0 Å². The van der Waals surface area contributed by atoms with Crippen LogP contribution in [0.2, 0.25) is 0 Å². The first-order valence-corrected chi connectivity index (χ1v) is 5.82. The van der Waals surface area contributed by atoms with Crippen molar-refractivity contribution in [1.29, 1.82) is 0 Å². The van der Waals surface area contributed by atoms with Crippen LogP contribution in [-0.2, 0) is 6.54 Å². The summed E-state index contributed by atoms with van der Waals surface area (Å²) in [6.07, 6.45) is 3.53. The van der Waals surface area contributed by atoms with Gasteiger partial charge in [-0.1, -0.05) is 0 Å². The average molecular weight is 317 g/mol. The van der Waals surface area contributed by atoms with Crippen LogP contribution in [0.1, 0.15) is 25.7 Å². The lowest BCUT2D eigenvalue weighted by Crippen LogP contribution is -2.12. The van der Waals surface area contributed by atoms with Crippen molar-refractivity contribution in [2.75, 3.05) is 0 Å². The lowest BCUT2D eigenvalue weighted by molar-refractivity contribution is 0.487. The molecule has 0 atom stereocenters. The largest absolute Gasteiger partial charge is 0.264 e. The molecule has 0 N–H and O–H groups in total. The van der Waals surface area contributed by atoms with Crippen LogP contribution in [0.25, 0.3) is 0 Å². The Balaban J connectivity index is 2.20. The molecule has 0 saturated heterocycles. The van der Waals surface area contributed by atoms with Gasteiger partial charge in [-0.3, -0.25) is 4.68 Å². The summed E-state index contributed by atoms with van der Waals surface area (Å²) in [4.78, 5) is 4.23. The maximum Gasteiger partial charge on any atom is 0.148 e. The van der Waals surface area contributed by atoms with E-state index in [1.807, 2.05) is 21.6 Å². The molecule has 0 amide bonds. The number of halogens is 1. The summed E-state index contributed by atoms with van der Waals surface area (Å²) in [7, 11) is 0. The summed E-state index contributed by atoms with van der Waals surface area (Å²) in [5.41, 5.74) is 0. The Morgan fingerprint density at radius 1 is 1.47 bits per heavy atom. The molecule has 15 heavy (non-hydrogen) atoms. The van der Waals surface area contributed by atoms with Gasteiger partial charge in [0.05, 0.1) is 0 Å². The van der Waals surface area contributed by atoms with Crippen molar-refractivity contribution >= 4 is 22.6 Å². The molecule has 0 spiro atoms. The van der Waals surface area contributed by atoms with Gasteiger partial charge in [0, 0.05) is 12.2 Å². The molecule has 0 aliphatic rings. The highest BCUT2D eigenvalue weighted by Crippen LogP contribution is 2.07. The molecular weight excluding hydrogens is 305 g/mol. The smallest absolute Gasteiger partial charge is 0.148 e. The fourth-order valence-electron chi connectivity index (χ4n) is 1.39. The van der Waals surface area contributed by atoms with Gasteiger partial charge in [-0.25, -0.2) is 9.67 Å². The van der Waals surface area contributed by atoms with E-state index in [-0.39, 0.29) is 0 Å². The third-order valence-corrected chi connectivity index (χ3v) is 2.62. The van der Waals surface area contributed by atoms with Gasteiger partial charge in [-0.2, -0.15) is 10.2 Å². The van der Waals surface area contributed by atoms with Crippen LogP contribution in [0.15, 0.2) is 18.6 Å². The molecule has 6 heteroatoms. The molecule has 0 fully saturated rings. The highest BCUT2D eigenvalue weighted by Gasteiger charge is 2.08. The molecule has 0 unspecified atom stereocenters. The summed E-state index contributed by atoms with van der Waals surface area (Å²) in [5, 5.41) is 8.49. The molecule has 2 aromatic heterocycles. The summed E-state index contributed by atoms with van der Waals surface area (Å²) in [6.45, 7) is 4.84. The zero-order valence-corrected chi connectivity index (χ0v) is 10.8. The van der Waals surface area contributed by atoms with E-state index in [9.17, 15) is 0 Å². The molecule has 0 aliphatic heterocycles. The Bertz CT molecular complexity index is 445. The van der Waals surface area contributed by atoms with E-state index in [1.165, 1.54) is 0 Å². The maximum atomic E-state index is 4.31. The van der Waals surface area contributed by atoms with Crippen molar-refractivity contribution < 1.29 is 0 Å². The minimum atomic E-state index is 0.331. The van der Waals surface area contributed by atoms with Gasteiger partial charge in [0.15, 0.2) is 0 Å². The second kappa shape index (κ2) is 4.30. The quantitative estimate of drug-likeness (QED) is 0.810. The fraction of sp³-hybridized carbons (Fsp3) is 0.444. The normalized spacial score (nSPS) is 11.2. The Kier molecular flexibility index (Phi) is 3.03. The zero-order valence-electron chi connectivity index (χ0n) is 8.63. The zero-order chi connectivity index (χ0) is 10.8. The van der Waals surface area contributed by atoms with Crippen LogP contribution in [0.3, 0.4) is 0 Å². The Morgan fingerprint density at radius 2 is 2.27 bits per heavy atom. The van der Waals surface area contributed by atoms with E-state index in [0.29, 0.717) is 12.6 Å². The molecular formula is C9H12IN5. The van der Waals surface area contributed by atoms with E-state index in [1.54, 1.807) is 6.33 Å². The first kappa shape index (κ1) is 10.6. The fourth-order valence-corrected chi connectivity index (χ4v) is 1.83. The Labute approximate surface area is 102 Å². The molecule has 0 bridgehead atoms. The van der Waals surface area contributed by atoms with E-state index >= 15 is 0 Å². The molecule has 0 aromatic carbocycles. The number of rotatable bonds is 3. The van der Waals surface area contributed by atoms with Crippen LogP contribution in [-0.4, -0.2) is 24.5 Å². The highest BCUT2D eigenvalue weighted by atomic mass is 127. The van der Waals surface area contributed by atoms with E-state index in [4.69, 9.17) is 0 Å². The topological polar surface area (TPSA) is 48.5 Å². The molecule has 0 aliphatic carbocycles. The monoisotopic (exact) mass is 317 g/mol. The molecule has 0 radical (unpaired) electrons. The summed E-state index contributed by atoms with van der Waals surface area (Å²) in [6, 6.07) is 2.30. The highest BCUT2D eigenvalue weighted by molar-refractivity contribution is 14.1. The second-order valence-corrected chi connectivity index (χ2v) is 4.66. The molecule has 2 heterocycles. The van der Waals surface area contributed by atoms with Crippen LogP contribution in [0, 0.1) is 3.70 Å². The van der Waals surface area contributed by atoms with Crippen molar-refractivity contribution in [1.82, 2.24) is 24.5 Å². The van der Waals surface area contributed by atoms with Crippen molar-refractivity contribution in [3.05, 3.63) is 28.1 Å². The predicted molar refractivity (Wildman–Crippen MR) is 64.5 cm³/mol. The van der Waals surface area contributed by atoms with E-state index < -0.39 is 0 Å². The number of hydrogen-bond donors (Lipinski definition) is 0. The molecule has 0 saturated carbocycles. The van der Waals surface area contributed by atoms with Crippen molar-refractivity contribution in [3.63, 3.8) is 0 Å². The summed E-state index contributed by atoms with van der Waals surface area (Å²) < 4.78 is 4.77. The maximum absolute atomic E-state index is 4.31. The summed E-state index contributed by atoms with van der Waals surface area (Å²) >= 11 is 2.19. The van der Waals surface area contributed by atoms with Gasteiger partial charge in [-0.15, -0.1) is 0 Å². The first-order valence-electron chi connectivity index (χ1n) is 4.74. The minimum absolute atomic E-state index is 0.331. The van der Waals surface area contributed by atoms with Gasteiger partial charge < -0.3 is 0 Å². The van der Waals surface area contributed by atoms with Gasteiger partial charge in [-0.05, 0) is 42.5 Å². The van der Waals surface area contributed by atoms with Crippen molar-refractivity contribution in [2.45, 2.75) is 26.4 Å². The molecule has 2 aromatic rings. The molecule has 2 rings (SSSR count). The lowest BCUT2D eigenvalue weighted by atomic mass is 10.4. The van der Waals surface area contributed by atoms with Gasteiger partial charge in [0.2, 0.25) is 0 Å². The SMILES string of the molecule is CC(C)n1ncnc1Cn1ccc(I)n1. The van der Waals surface area contributed by atoms with E-state index in [0.717, 1.165) is 9.53 Å². The predicted octanol–water partition coefficient (Wildman–Crippen LogP) is 1.71. The van der Waals surface area contributed by atoms with Crippen LogP contribution >= 0.6 is 22.6 Å². The number of nitrogens with zero attached hydrogens (tertiary/aromatic N) is 5. The lowest BCUT2D eigenvalue weighted by Gasteiger charge is -2.08. The van der Waals surface area contributed by atoms with Crippen LogP contribution in [0.4, 0.5) is 0 Å². The molecule has 5 nitrogen and oxygen atoms in total. The summed E-state index contributed by atoms with van der Waals surface area (Å²) in [5.74, 6) is 0.935. The Hall–Kier alpha value is -0.920. The Morgan fingerprint density at radius 3 is 2.87 bits per heavy atom. The van der Waals surface area contributed by atoms with E-state index in [2.05, 4.69) is 51.6 Å². The third kappa shape index (κ3) is 2.36. The number of hydrogen-bond acceptors (Lipinski definition) is 3. The third-order valence-electron chi connectivity index (χ3n) is 2.05.